The number of hydrogen-bond donors (Lipinski definition) is 0. The smallest absolute Gasteiger partial charge is 0.344 e. The molecule has 0 N–H and O–H groups in total. The van der Waals surface area contributed by atoms with Crippen molar-refractivity contribution in [3.8, 4) is 11.1 Å². The van der Waals surface area contributed by atoms with E-state index in [0.29, 0.717) is 0 Å². The molecule has 2 aromatic rings. The first-order chi connectivity index (χ1) is 13.4. The number of cyclic esters (lactones) is 1. The Bertz CT molecular complexity index is 879. The van der Waals surface area contributed by atoms with Crippen LogP contribution in [0.15, 0.2) is 54.7 Å². The SMILES string of the molecule is C[C@H]1[C@H](C=Cc2ccc(-c3ccccc3)cn2)[C@@H]2[C@@H](C)OC(=O)[C@]2(F)C[C@@H]1C. The van der Waals surface area contributed by atoms with Gasteiger partial charge in [0.15, 0.2) is 0 Å². The van der Waals surface area contributed by atoms with Crippen LogP contribution < -0.4 is 0 Å². The second kappa shape index (κ2) is 7.16. The van der Waals surface area contributed by atoms with Crippen molar-refractivity contribution < 1.29 is 13.9 Å². The lowest BCUT2D eigenvalue weighted by Gasteiger charge is -2.43. The van der Waals surface area contributed by atoms with Crippen molar-refractivity contribution in [1.29, 1.82) is 0 Å². The number of benzene rings is 1. The molecule has 4 rings (SSSR count). The number of halogens is 1. The van der Waals surface area contributed by atoms with Gasteiger partial charge in [-0.2, -0.15) is 0 Å². The van der Waals surface area contributed by atoms with Crippen LogP contribution in [0.2, 0.25) is 0 Å². The maximum atomic E-state index is 15.5. The number of alkyl halides is 1. The van der Waals surface area contributed by atoms with Crippen molar-refractivity contribution in [2.75, 3.05) is 0 Å². The van der Waals surface area contributed by atoms with Crippen LogP contribution in [0, 0.1) is 23.7 Å². The number of aromatic nitrogens is 1. The second-order valence-electron chi connectivity index (χ2n) is 8.31. The molecule has 2 fully saturated rings. The Labute approximate surface area is 165 Å². The molecule has 1 saturated heterocycles. The van der Waals surface area contributed by atoms with Gasteiger partial charge in [0.25, 0.3) is 0 Å². The van der Waals surface area contributed by atoms with E-state index in [4.69, 9.17) is 4.74 Å². The van der Waals surface area contributed by atoms with E-state index in [2.05, 4.69) is 24.0 Å². The summed E-state index contributed by atoms with van der Waals surface area (Å²) in [6, 6.07) is 14.1. The van der Waals surface area contributed by atoms with E-state index in [9.17, 15) is 4.79 Å². The molecule has 0 bridgehead atoms. The quantitative estimate of drug-likeness (QED) is 0.677. The third-order valence-electron chi connectivity index (χ3n) is 6.59. The largest absolute Gasteiger partial charge is 0.460 e. The maximum Gasteiger partial charge on any atom is 0.344 e. The van der Waals surface area contributed by atoms with Crippen LogP contribution in [0.1, 0.15) is 32.9 Å². The van der Waals surface area contributed by atoms with Crippen LogP contribution in [0.4, 0.5) is 4.39 Å². The van der Waals surface area contributed by atoms with Crippen molar-refractivity contribution in [2.24, 2.45) is 23.7 Å². The minimum absolute atomic E-state index is 0.0641. The molecule has 1 saturated carbocycles. The van der Waals surface area contributed by atoms with E-state index in [1.807, 2.05) is 55.6 Å². The zero-order valence-electron chi connectivity index (χ0n) is 16.5. The number of carbonyl (C=O) groups excluding carboxylic acids is 1. The van der Waals surface area contributed by atoms with Gasteiger partial charge in [0, 0.05) is 17.7 Å². The van der Waals surface area contributed by atoms with E-state index < -0.39 is 23.7 Å². The molecule has 1 aliphatic heterocycles. The number of esters is 1. The highest BCUT2D eigenvalue weighted by Crippen LogP contribution is 2.53. The molecule has 0 amide bonds. The number of allylic oxidation sites excluding steroid dienone is 1. The van der Waals surface area contributed by atoms with Crippen LogP contribution >= 0.6 is 0 Å². The van der Waals surface area contributed by atoms with Crippen LogP contribution in [-0.4, -0.2) is 22.7 Å². The summed E-state index contributed by atoms with van der Waals surface area (Å²) < 4.78 is 20.8. The molecule has 1 aromatic carbocycles. The lowest BCUT2D eigenvalue weighted by molar-refractivity contribution is -0.152. The molecule has 0 spiro atoms. The predicted molar refractivity (Wildman–Crippen MR) is 108 cm³/mol. The van der Waals surface area contributed by atoms with Gasteiger partial charge < -0.3 is 4.74 Å². The fraction of sp³-hybridized carbons (Fsp3) is 0.417. The van der Waals surface area contributed by atoms with Gasteiger partial charge in [-0.05, 0) is 48.8 Å². The van der Waals surface area contributed by atoms with Crippen LogP contribution in [0.25, 0.3) is 17.2 Å². The monoisotopic (exact) mass is 379 g/mol. The van der Waals surface area contributed by atoms with Gasteiger partial charge in [0.05, 0.1) is 5.69 Å². The maximum absolute atomic E-state index is 15.5. The molecule has 3 nitrogen and oxygen atoms in total. The standard InChI is InChI=1S/C24H26FNO2/c1-15-13-24(25)22(17(3)28-23(24)27)21(16(15)2)12-11-20-10-9-19(14-26-20)18-7-5-4-6-8-18/h4-12,14-17,21-22H,13H2,1-3H3/t15-,16+,17+,21-,22-,24-/m0/s1. The number of ether oxygens (including phenoxy) is 1. The fourth-order valence-electron chi connectivity index (χ4n) is 4.86. The topological polar surface area (TPSA) is 39.2 Å². The summed E-state index contributed by atoms with van der Waals surface area (Å²) in [5, 5.41) is 0. The van der Waals surface area contributed by atoms with Crippen molar-refractivity contribution in [1.82, 2.24) is 4.98 Å². The Morgan fingerprint density at radius 1 is 1.11 bits per heavy atom. The molecule has 146 valence electrons. The third kappa shape index (κ3) is 3.15. The lowest BCUT2D eigenvalue weighted by Crippen LogP contribution is -2.50. The minimum Gasteiger partial charge on any atom is -0.460 e. The second-order valence-corrected chi connectivity index (χ2v) is 8.31. The van der Waals surface area contributed by atoms with Gasteiger partial charge in [-0.15, -0.1) is 0 Å². The summed E-state index contributed by atoms with van der Waals surface area (Å²) in [6.45, 7) is 5.97. The van der Waals surface area contributed by atoms with Gasteiger partial charge in [-0.25, -0.2) is 9.18 Å². The van der Waals surface area contributed by atoms with Gasteiger partial charge in [-0.1, -0.05) is 56.3 Å². The van der Waals surface area contributed by atoms with Gasteiger partial charge in [0.1, 0.15) is 6.10 Å². The summed E-state index contributed by atoms with van der Waals surface area (Å²) in [5.74, 6) is -0.808. The van der Waals surface area contributed by atoms with E-state index in [0.717, 1.165) is 16.8 Å². The number of carbonyl (C=O) groups is 1. The zero-order chi connectivity index (χ0) is 19.9. The van der Waals surface area contributed by atoms with Gasteiger partial charge in [0.2, 0.25) is 5.67 Å². The van der Waals surface area contributed by atoms with Crippen molar-refractivity contribution in [2.45, 2.75) is 39.0 Å². The first-order valence-corrected chi connectivity index (χ1v) is 10.00. The summed E-state index contributed by atoms with van der Waals surface area (Å²) >= 11 is 0. The molecule has 4 heteroatoms. The molecule has 0 unspecified atom stereocenters. The molecular weight excluding hydrogens is 353 g/mol. The average Bonchev–Trinajstić information content (AvgIpc) is 2.92. The first-order valence-electron chi connectivity index (χ1n) is 10.00. The van der Waals surface area contributed by atoms with E-state index >= 15 is 4.39 Å². The van der Waals surface area contributed by atoms with Crippen molar-refractivity contribution in [3.63, 3.8) is 0 Å². The molecule has 28 heavy (non-hydrogen) atoms. The molecule has 1 aromatic heterocycles. The summed E-state index contributed by atoms with van der Waals surface area (Å²) in [6.07, 6.45) is 5.67. The lowest BCUT2D eigenvalue weighted by atomic mass is 9.61. The Kier molecular flexibility index (Phi) is 4.82. The molecular formula is C24H26FNO2. The normalized spacial score (nSPS) is 35.0. The highest BCUT2D eigenvalue weighted by Gasteiger charge is 2.63. The fourth-order valence-corrected chi connectivity index (χ4v) is 4.86. The van der Waals surface area contributed by atoms with Crippen LogP contribution in [-0.2, 0) is 9.53 Å². The predicted octanol–water partition coefficient (Wildman–Crippen LogP) is 5.32. The Morgan fingerprint density at radius 3 is 2.54 bits per heavy atom. The average molecular weight is 379 g/mol. The number of rotatable bonds is 3. The van der Waals surface area contributed by atoms with Crippen LogP contribution in [0.3, 0.4) is 0 Å². The number of fused-ring (bicyclic) bond motifs is 1. The van der Waals surface area contributed by atoms with Crippen LogP contribution in [0.5, 0.6) is 0 Å². The Hall–Kier alpha value is -2.49. The van der Waals surface area contributed by atoms with Gasteiger partial charge in [-0.3, -0.25) is 4.98 Å². The summed E-state index contributed by atoms with van der Waals surface area (Å²) in [4.78, 5) is 16.7. The molecule has 2 aliphatic rings. The van der Waals surface area contributed by atoms with Crippen molar-refractivity contribution in [3.05, 3.63) is 60.4 Å². The molecule has 0 radical (unpaired) electrons. The molecule has 2 heterocycles. The summed E-state index contributed by atoms with van der Waals surface area (Å²) in [5.41, 5.74) is 1.14. The Morgan fingerprint density at radius 2 is 1.86 bits per heavy atom. The van der Waals surface area contributed by atoms with E-state index in [-0.39, 0.29) is 24.2 Å². The van der Waals surface area contributed by atoms with Gasteiger partial charge >= 0.3 is 5.97 Å². The summed E-state index contributed by atoms with van der Waals surface area (Å²) in [7, 11) is 0. The zero-order valence-corrected chi connectivity index (χ0v) is 16.5. The highest BCUT2D eigenvalue weighted by atomic mass is 19.1. The number of nitrogens with zero attached hydrogens (tertiary/aromatic N) is 1. The highest BCUT2D eigenvalue weighted by molar-refractivity contribution is 5.83. The molecule has 6 atom stereocenters. The van der Waals surface area contributed by atoms with E-state index in [1.165, 1.54) is 0 Å². The number of pyridine rings is 1. The molecule has 1 aliphatic carbocycles. The first kappa shape index (κ1) is 18.9. The number of hydrogen-bond acceptors (Lipinski definition) is 3. The minimum atomic E-state index is -1.87. The third-order valence-corrected chi connectivity index (χ3v) is 6.59. The van der Waals surface area contributed by atoms with Crippen molar-refractivity contribution >= 4 is 12.0 Å². The Balaban J connectivity index is 1.58. The van der Waals surface area contributed by atoms with E-state index in [1.54, 1.807) is 6.92 Å².